The van der Waals surface area contributed by atoms with Crippen molar-refractivity contribution < 1.29 is 37.3 Å². The molecule has 0 bridgehead atoms. The number of aliphatic hydroxyl groups is 1. The van der Waals surface area contributed by atoms with Crippen LogP contribution in [0.25, 0.3) is 0 Å². The predicted molar refractivity (Wildman–Crippen MR) is 146 cm³/mol. The summed E-state index contributed by atoms with van der Waals surface area (Å²) in [6.07, 6.45) is -4.16. The molecule has 1 saturated heterocycles. The van der Waals surface area contributed by atoms with E-state index in [-0.39, 0.29) is 32.0 Å². The number of fused-ring (bicyclic) bond motifs is 1. The van der Waals surface area contributed by atoms with Crippen LogP contribution in [0.15, 0.2) is 54.9 Å². The Hall–Kier alpha value is -3.57. The molecular weight excluding hydrogens is 539 g/mol. The first kappa shape index (κ1) is 30.4. The normalized spacial score (nSPS) is 21.0. The summed E-state index contributed by atoms with van der Waals surface area (Å²) >= 11 is 0. The molecule has 1 unspecified atom stereocenters. The van der Waals surface area contributed by atoms with Crippen molar-refractivity contribution in [2.45, 2.75) is 69.4 Å². The van der Waals surface area contributed by atoms with Crippen molar-refractivity contribution in [2.75, 3.05) is 20.3 Å². The molecule has 222 valence electrons. The highest BCUT2D eigenvalue weighted by Crippen LogP contribution is 2.39. The highest BCUT2D eigenvalue weighted by molar-refractivity contribution is 5.96. The van der Waals surface area contributed by atoms with Crippen LogP contribution in [-0.4, -0.2) is 53.8 Å². The summed E-state index contributed by atoms with van der Waals surface area (Å²) in [5.74, 6) is -0.453. The number of carbonyl (C=O) groups excluding carboxylic acids is 2. The number of methoxy groups -OCH3 is 1. The second-order valence-electron chi connectivity index (χ2n) is 10.5. The van der Waals surface area contributed by atoms with Crippen LogP contribution in [0, 0.1) is 0 Å². The van der Waals surface area contributed by atoms with Gasteiger partial charge in [-0.25, -0.2) is 0 Å². The molecule has 2 aromatic carbocycles. The molecule has 0 saturated carbocycles. The van der Waals surface area contributed by atoms with Gasteiger partial charge in [-0.3, -0.25) is 14.5 Å². The summed E-state index contributed by atoms with van der Waals surface area (Å²) in [5.41, 5.74) is -1.42. The molecule has 3 N–H and O–H groups in total. The highest BCUT2D eigenvalue weighted by atomic mass is 19.4. The molecule has 1 fully saturated rings. The molecule has 4 rings (SSSR count). The first-order valence-electron chi connectivity index (χ1n) is 13.6. The van der Waals surface area contributed by atoms with Crippen molar-refractivity contribution in [1.29, 1.82) is 0 Å². The Morgan fingerprint density at radius 1 is 1.27 bits per heavy atom. The SMILES string of the molecule is C=C1NC(CC)(CC)CC(=O)N1C(CCOC)c1ccc(C(F)(F)F)c(C(=O)N[C@@H]2c3ccccc3OC[C@H]2O)c1. The van der Waals surface area contributed by atoms with Crippen LogP contribution in [0.2, 0.25) is 0 Å². The van der Waals surface area contributed by atoms with Crippen molar-refractivity contribution in [3.63, 3.8) is 0 Å². The number of hydrogen-bond donors (Lipinski definition) is 3. The number of hydrogen-bond acceptors (Lipinski definition) is 6. The van der Waals surface area contributed by atoms with E-state index in [0.29, 0.717) is 35.5 Å². The van der Waals surface area contributed by atoms with Crippen molar-refractivity contribution in [1.82, 2.24) is 15.5 Å². The molecule has 3 atom stereocenters. The number of rotatable bonds is 9. The molecule has 0 aromatic heterocycles. The van der Waals surface area contributed by atoms with E-state index in [1.807, 2.05) is 13.8 Å². The fraction of sp³-hybridized carbons (Fsp3) is 0.467. The third kappa shape index (κ3) is 6.20. The summed E-state index contributed by atoms with van der Waals surface area (Å²) in [6, 6.07) is 8.27. The average Bonchev–Trinajstić information content (AvgIpc) is 2.95. The number of nitrogens with one attached hydrogen (secondary N) is 2. The fourth-order valence-electron chi connectivity index (χ4n) is 5.59. The van der Waals surface area contributed by atoms with Gasteiger partial charge in [0.25, 0.3) is 5.91 Å². The number of ether oxygens (including phenoxy) is 2. The Bertz CT molecular complexity index is 1270. The van der Waals surface area contributed by atoms with Crippen molar-refractivity contribution >= 4 is 11.8 Å². The molecule has 2 aromatic rings. The molecule has 0 aliphatic carbocycles. The second-order valence-corrected chi connectivity index (χ2v) is 10.5. The van der Waals surface area contributed by atoms with Crippen LogP contribution in [0.3, 0.4) is 0 Å². The van der Waals surface area contributed by atoms with Gasteiger partial charge >= 0.3 is 6.18 Å². The molecule has 41 heavy (non-hydrogen) atoms. The topological polar surface area (TPSA) is 100 Å². The van der Waals surface area contributed by atoms with E-state index in [0.717, 1.165) is 12.1 Å². The Balaban J connectivity index is 1.73. The lowest BCUT2D eigenvalue weighted by atomic mass is 9.85. The number of amides is 2. The van der Waals surface area contributed by atoms with Gasteiger partial charge < -0.3 is 25.2 Å². The molecular formula is C30H36F3N3O5. The van der Waals surface area contributed by atoms with Gasteiger partial charge in [-0.05, 0) is 43.0 Å². The van der Waals surface area contributed by atoms with E-state index in [1.165, 1.54) is 18.1 Å². The zero-order valence-electron chi connectivity index (χ0n) is 23.4. The molecule has 2 aliphatic rings. The summed E-state index contributed by atoms with van der Waals surface area (Å²) in [6.45, 7) is 8.10. The molecule has 0 radical (unpaired) electrons. The number of aliphatic hydroxyl groups excluding tert-OH is 1. The zero-order chi connectivity index (χ0) is 29.9. The van der Waals surface area contributed by atoms with Crippen LogP contribution in [0.4, 0.5) is 13.2 Å². The van der Waals surface area contributed by atoms with Crippen LogP contribution in [-0.2, 0) is 15.7 Å². The van der Waals surface area contributed by atoms with Gasteiger partial charge in [0.15, 0.2) is 0 Å². The Morgan fingerprint density at radius 3 is 2.61 bits per heavy atom. The Labute approximate surface area is 237 Å². The van der Waals surface area contributed by atoms with Crippen LogP contribution >= 0.6 is 0 Å². The van der Waals surface area contributed by atoms with E-state index in [2.05, 4.69) is 17.2 Å². The minimum absolute atomic E-state index is 0.129. The third-order valence-electron chi connectivity index (χ3n) is 8.03. The highest BCUT2D eigenvalue weighted by Gasteiger charge is 2.42. The monoisotopic (exact) mass is 575 g/mol. The van der Waals surface area contributed by atoms with E-state index in [9.17, 15) is 27.9 Å². The fourth-order valence-corrected chi connectivity index (χ4v) is 5.59. The van der Waals surface area contributed by atoms with Gasteiger partial charge in [0.05, 0.1) is 29.6 Å². The number of nitrogens with zero attached hydrogens (tertiary/aromatic N) is 1. The molecule has 8 nitrogen and oxygen atoms in total. The number of para-hydroxylation sites is 1. The Morgan fingerprint density at radius 2 is 1.98 bits per heavy atom. The summed E-state index contributed by atoms with van der Waals surface area (Å²) < 4.78 is 53.1. The summed E-state index contributed by atoms with van der Waals surface area (Å²) in [4.78, 5) is 28.4. The van der Waals surface area contributed by atoms with Gasteiger partial charge in [0.2, 0.25) is 5.91 Å². The number of benzene rings is 2. The number of carbonyl (C=O) groups is 2. The third-order valence-corrected chi connectivity index (χ3v) is 8.03. The predicted octanol–water partition coefficient (Wildman–Crippen LogP) is 4.86. The van der Waals surface area contributed by atoms with Crippen molar-refractivity contribution in [3.05, 3.63) is 77.1 Å². The summed E-state index contributed by atoms with van der Waals surface area (Å²) in [5, 5.41) is 16.5. The molecule has 2 aliphatic heterocycles. The largest absolute Gasteiger partial charge is 0.490 e. The van der Waals surface area contributed by atoms with Gasteiger partial charge in [0.1, 0.15) is 24.3 Å². The van der Waals surface area contributed by atoms with E-state index in [4.69, 9.17) is 9.47 Å². The van der Waals surface area contributed by atoms with Crippen LogP contribution in [0.1, 0.15) is 78.7 Å². The smallest absolute Gasteiger partial charge is 0.417 e. The van der Waals surface area contributed by atoms with Crippen molar-refractivity contribution in [3.8, 4) is 5.75 Å². The van der Waals surface area contributed by atoms with Gasteiger partial charge in [-0.15, -0.1) is 0 Å². The first-order valence-corrected chi connectivity index (χ1v) is 13.6. The standard InChI is InChI=1S/C30H36F3N3O5/c1-5-29(6-2)16-26(38)36(18(3)35-29)23(13-14-40-4)19-11-12-22(30(31,32)33)21(15-19)28(39)34-27-20-9-7-8-10-25(20)41-17-24(27)37/h7-12,15,23-24,27,35,37H,3,5-6,13-14,16-17H2,1-2,4H3,(H,34,39)/t23?,24-,27-/m1/s1. The summed E-state index contributed by atoms with van der Waals surface area (Å²) in [7, 11) is 1.49. The number of alkyl halides is 3. The maximum absolute atomic E-state index is 14.1. The van der Waals surface area contributed by atoms with Crippen LogP contribution in [0.5, 0.6) is 5.75 Å². The van der Waals surface area contributed by atoms with E-state index in [1.54, 1.807) is 24.3 Å². The maximum Gasteiger partial charge on any atom is 0.417 e. The lowest BCUT2D eigenvalue weighted by molar-refractivity contribution is -0.138. The zero-order valence-corrected chi connectivity index (χ0v) is 23.4. The lowest BCUT2D eigenvalue weighted by Crippen LogP contribution is -2.57. The second kappa shape index (κ2) is 12.1. The minimum Gasteiger partial charge on any atom is -0.490 e. The molecule has 0 spiro atoms. The van der Waals surface area contributed by atoms with Crippen molar-refractivity contribution in [2.24, 2.45) is 0 Å². The minimum atomic E-state index is -4.83. The lowest BCUT2D eigenvalue weighted by Gasteiger charge is -2.46. The van der Waals surface area contributed by atoms with Gasteiger partial charge in [-0.1, -0.05) is 44.7 Å². The molecule has 11 heteroatoms. The molecule has 2 heterocycles. The average molecular weight is 576 g/mol. The maximum atomic E-state index is 14.1. The molecule has 2 amide bonds. The van der Waals surface area contributed by atoms with E-state index >= 15 is 0 Å². The van der Waals surface area contributed by atoms with E-state index < -0.39 is 46.9 Å². The van der Waals surface area contributed by atoms with Gasteiger partial charge in [-0.2, -0.15) is 13.2 Å². The van der Waals surface area contributed by atoms with Gasteiger partial charge in [0, 0.05) is 24.8 Å². The van der Waals surface area contributed by atoms with Crippen LogP contribution < -0.4 is 15.4 Å². The Kier molecular flexibility index (Phi) is 8.98. The first-order chi connectivity index (χ1) is 19.4. The quantitative estimate of drug-likeness (QED) is 0.395. The number of halogens is 3.